The van der Waals surface area contributed by atoms with Crippen LogP contribution in [0.5, 0.6) is 0 Å². The summed E-state index contributed by atoms with van der Waals surface area (Å²) in [5, 5.41) is 0. The molecule has 0 aliphatic heterocycles. The van der Waals surface area contributed by atoms with Gasteiger partial charge in [-0.3, -0.25) is 4.98 Å². The molecule has 0 amide bonds. The van der Waals surface area contributed by atoms with Gasteiger partial charge >= 0.3 is 5.97 Å². The van der Waals surface area contributed by atoms with Crippen molar-refractivity contribution in [3.8, 4) is 0 Å². The molecule has 4 nitrogen and oxygen atoms in total. The molecule has 4 heteroatoms. The molecule has 0 radical (unpaired) electrons. The fraction of sp³-hybridized carbons (Fsp3) is 0.273. The van der Waals surface area contributed by atoms with Crippen molar-refractivity contribution < 1.29 is 9.53 Å². The van der Waals surface area contributed by atoms with Crippen molar-refractivity contribution in [3.63, 3.8) is 0 Å². The fourth-order valence-electron chi connectivity index (χ4n) is 1.09. The minimum Gasteiger partial charge on any atom is -0.459 e. The fourth-order valence-corrected chi connectivity index (χ4v) is 1.09. The molecule has 0 saturated heterocycles. The van der Waals surface area contributed by atoms with Crippen LogP contribution in [0, 0.1) is 0 Å². The molecule has 0 unspecified atom stereocenters. The molecule has 15 heavy (non-hydrogen) atoms. The number of carbonyl (C=O) groups excluding carboxylic acids is 1. The Morgan fingerprint density at radius 2 is 2.07 bits per heavy atom. The minimum absolute atomic E-state index is 0.158. The van der Waals surface area contributed by atoms with Gasteiger partial charge in [0.2, 0.25) is 0 Å². The van der Waals surface area contributed by atoms with E-state index in [0.29, 0.717) is 11.1 Å². The van der Waals surface area contributed by atoms with E-state index >= 15 is 0 Å². The maximum atomic E-state index is 11.6. The van der Waals surface area contributed by atoms with Gasteiger partial charge in [0.25, 0.3) is 0 Å². The second kappa shape index (κ2) is 5.14. The Balaban J connectivity index is 2.87. The normalized spacial score (nSPS) is 11.5. The van der Waals surface area contributed by atoms with Crippen molar-refractivity contribution in [3.05, 3.63) is 36.3 Å². The first-order chi connectivity index (χ1) is 7.15. The molecule has 1 heterocycles. The van der Waals surface area contributed by atoms with Gasteiger partial charge in [-0.2, -0.15) is 0 Å². The van der Waals surface area contributed by atoms with Gasteiger partial charge in [-0.1, -0.05) is 0 Å². The zero-order valence-corrected chi connectivity index (χ0v) is 8.81. The maximum Gasteiger partial charge on any atom is 0.340 e. The lowest BCUT2D eigenvalue weighted by molar-refractivity contribution is -0.140. The Hall–Kier alpha value is -1.84. The van der Waals surface area contributed by atoms with Crippen molar-refractivity contribution in [2.45, 2.75) is 20.0 Å². The minimum atomic E-state index is -0.418. The van der Waals surface area contributed by atoms with Gasteiger partial charge in [0.05, 0.1) is 11.7 Å². The van der Waals surface area contributed by atoms with Gasteiger partial charge < -0.3 is 10.5 Å². The molecule has 1 rings (SSSR count). The number of hydrogen-bond donors (Lipinski definition) is 1. The molecule has 0 fully saturated rings. The monoisotopic (exact) mass is 206 g/mol. The summed E-state index contributed by atoms with van der Waals surface area (Å²) < 4.78 is 5.05. The summed E-state index contributed by atoms with van der Waals surface area (Å²) in [7, 11) is 0. The van der Waals surface area contributed by atoms with Crippen LogP contribution in [0.25, 0.3) is 5.57 Å². The average molecular weight is 206 g/mol. The van der Waals surface area contributed by atoms with Crippen LogP contribution in [0.4, 0.5) is 0 Å². The van der Waals surface area contributed by atoms with Crippen LogP contribution in [-0.2, 0) is 9.53 Å². The highest BCUT2D eigenvalue weighted by atomic mass is 16.5. The number of nitrogens with two attached hydrogens (primary N) is 1. The first kappa shape index (κ1) is 11.2. The molecule has 0 atom stereocenters. The van der Waals surface area contributed by atoms with Crippen LogP contribution in [0.2, 0.25) is 0 Å². The lowest BCUT2D eigenvalue weighted by Gasteiger charge is -2.10. The highest BCUT2D eigenvalue weighted by Gasteiger charge is 2.13. The molecule has 0 aliphatic rings. The van der Waals surface area contributed by atoms with Crippen LogP contribution in [0.3, 0.4) is 0 Å². The molecule has 2 N–H and O–H groups in total. The SMILES string of the molecule is CC(C)OC(=O)/C(=C/N)c1ccncc1. The molecule has 0 aromatic carbocycles. The lowest BCUT2D eigenvalue weighted by atomic mass is 10.1. The zero-order chi connectivity index (χ0) is 11.3. The summed E-state index contributed by atoms with van der Waals surface area (Å²) in [6, 6.07) is 3.42. The van der Waals surface area contributed by atoms with Crippen LogP contribution < -0.4 is 5.73 Å². The molecule has 0 saturated carbocycles. The highest BCUT2D eigenvalue weighted by Crippen LogP contribution is 2.14. The van der Waals surface area contributed by atoms with E-state index in [9.17, 15) is 4.79 Å². The Morgan fingerprint density at radius 1 is 1.47 bits per heavy atom. The molecular formula is C11H14N2O2. The maximum absolute atomic E-state index is 11.6. The highest BCUT2D eigenvalue weighted by molar-refractivity contribution is 6.16. The summed E-state index contributed by atoms with van der Waals surface area (Å²) in [4.78, 5) is 15.5. The Labute approximate surface area is 88.8 Å². The van der Waals surface area contributed by atoms with E-state index in [1.165, 1.54) is 6.20 Å². The number of nitrogens with zero attached hydrogens (tertiary/aromatic N) is 1. The molecule has 0 bridgehead atoms. The van der Waals surface area contributed by atoms with Crippen LogP contribution in [-0.4, -0.2) is 17.1 Å². The van der Waals surface area contributed by atoms with E-state index in [0.717, 1.165) is 0 Å². The number of carbonyl (C=O) groups is 1. The predicted molar refractivity (Wildman–Crippen MR) is 57.6 cm³/mol. The molecular weight excluding hydrogens is 192 g/mol. The Kier molecular flexibility index (Phi) is 3.85. The second-order valence-corrected chi connectivity index (χ2v) is 3.27. The lowest BCUT2D eigenvalue weighted by Crippen LogP contribution is -2.14. The Morgan fingerprint density at radius 3 is 2.53 bits per heavy atom. The van der Waals surface area contributed by atoms with Crippen molar-refractivity contribution in [2.75, 3.05) is 0 Å². The van der Waals surface area contributed by atoms with Crippen LogP contribution >= 0.6 is 0 Å². The van der Waals surface area contributed by atoms with Crippen molar-refractivity contribution in [2.24, 2.45) is 5.73 Å². The first-order valence-electron chi connectivity index (χ1n) is 4.68. The van der Waals surface area contributed by atoms with Gasteiger partial charge in [0, 0.05) is 18.6 Å². The summed E-state index contributed by atoms with van der Waals surface area (Å²) in [5.74, 6) is -0.418. The zero-order valence-electron chi connectivity index (χ0n) is 8.81. The number of hydrogen-bond acceptors (Lipinski definition) is 4. The molecule has 1 aromatic heterocycles. The van der Waals surface area contributed by atoms with E-state index in [1.54, 1.807) is 38.4 Å². The summed E-state index contributed by atoms with van der Waals surface area (Å²) in [5.41, 5.74) is 6.46. The number of rotatable bonds is 3. The van der Waals surface area contributed by atoms with E-state index in [4.69, 9.17) is 10.5 Å². The average Bonchev–Trinajstić information content (AvgIpc) is 2.19. The van der Waals surface area contributed by atoms with E-state index in [-0.39, 0.29) is 6.10 Å². The first-order valence-corrected chi connectivity index (χ1v) is 4.68. The largest absolute Gasteiger partial charge is 0.459 e. The summed E-state index contributed by atoms with van der Waals surface area (Å²) >= 11 is 0. The van der Waals surface area contributed by atoms with Crippen LogP contribution in [0.15, 0.2) is 30.7 Å². The van der Waals surface area contributed by atoms with E-state index < -0.39 is 5.97 Å². The predicted octanol–water partition coefficient (Wildman–Crippen LogP) is 1.33. The summed E-state index contributed by atoms with van der Waals surface area (Å²) in [6.45, 7) is 3.58. The van der Waals surface area contributed by atoms with Crippen molar-refractivity contribution >= 4 is 11.5 Å². The molecule has 0 aliphatic carbocycles. The van der Waals surface area contributed by atoms with Gasteiger partial charge in [-0.05, 0) is 31.5 Å². The Bertz CT molecular complexity index is 358. The smallest absolute Gasteiger partial charge is 0.340 e. The molecule has 0 spiro atoms. The van der Waals surface area contributed by atoms with Crippen molar-refractivity contribution in [1.82, 2.24) is 4.98 Å². The van der Waals surface area contributed by atoms with Gasteiger partial charge in [-0.25, -0.2) is 4.79 Å². The summed E-state index contributed by atoms with van der Waals surface area (Å²) in [6.07, 6.45) is 4.29. The number of ether oxygens (including phenoxy) is 1. The van der Waals surface area contributed by atoms with Crippen LogP contribution in [0.1, 0.15) is 19.4 Å². The second-order valence-electron chi connectivity index (χ2n) is 3.27. The van der Waals surface area contributed by atoms with Gasteiger partial charge in [0.15, 0.2) is 0 Å². The standard InChI is InChI=1S/C11H14N2O2/c1-8(2)15-11(14)10(7-12)9-3-5-13-6-4-9/h3-8H,12H2,1-2H3/b10-7+. The third-order valence-corrected chi connectivity index (χ3v) is 1.72. The van der Waals surface area contributed by atoms with E-state index in [1.807, 2.05) is 0 Å². The number of pyridine rings is 1. The molecule has 80 valence electrons. The van der Waals surface area contributed by atoms with Gasteiger partial charge in [-0.15, -0.1) is 0 Å². The van der Waals surface area contributed by atoms with E-state index in [2.05, 4.69) is 4.98 Å². The van der Waals surface area contributed by atoms with Crippen molar-refractivity contribution in [1.29, 1.82) is 0 Å². The third-order valence-electron chi connectivity index (χ3n) is 1.72. The molecule has 1 aromatic rings. The quantitative estimate of drug-likeness (QED) is 0.598. The number of esters is 1. The number of aromatic nitrogens is 1. The van der Waals surface area contributed by atoms with Gasteiger partial charge in [0.1, 0.15) is 0 Å². The third kappa shape index (κ3) is 3.09. The topological polar surface area (TPSA) is 65.2 Å².